The Morgan fingerprint density at radius 1 is 1.44 bits per heavy atom. The van der Waals surface area contributed by atoms with Crippen molar-refractivity contribution in [3.63, 3.8) is 0 Å². The molecule has 2 heterocycles. The summed E-state index contributed by atoms with van der Waals surface area (Å²) in [7, 11) is -3.77. The van der Waals surface area contributed by atoms with Crippen LogP contribution >= 0.6 is 0 Å². The Labute approximate surface area is 146 Å². The second-order valence-electron chi connectivity index (χ2n) is 6.68. The zero-order valence-electron chi connectivity index (χ0n) is 14.3. The van der Waals surface area contributed by atoms with Gasteiger partial charge in [-0.2, -0.15) is 0 Å². The molecule has 1 fully saturated rings. The summed E-state index contributed by atoms with van der Waals surface area (Å²) in [4.78, 5) is 28.2. The highest BCUT2D eigenvalue weighted by molar-refractivity contribution is 7.89. The fraction of sp³-hybridized carbons (Fsp3) is 0.533. The average molecular weight is 370 g/mol. The summed E-state index contributed by atoms with van der Waals surface area (Å²) in [5, 5.41) is 2.51. The fourth-order valence-corrected chi connectivity index (χ4v) is 3.68. The lowest BCUT2D eigenvalue weighted by molar-refractivity contribution is -0.110. The van der Waals surface area contributed by atoms with Crippen LogP contribution in [0.5, 0.6) is 0 Å². The van der Waals surface area contributed by atoms with Gasteiger partial charge in [0.05, 0.1) is 0 Å². The maximum absolute atomic E-state index is 12.4. The Balaban J connectivity index is 2.11. The monoisotopic (exact) mass is 370 g/mol. The molecule has 0 unspecified atom stereocenters. The van der Waals surface area contributed by atoms with Crippen LogP contribution in [0.25, 0.3) is 0 Å². The number of amides is 2. The molecule has 25 heavy (non-hydrogen) atoms. The minimum absolute atomic E-state index is 0.0330. The first kappa shape index (κ1) is 19.1. The summed E-state index contributed by atoms with van der Waals surface area (Å²) < 4.78 is 32.6. The average Bonchev–Trinajstić information content (AvgIpc) is 2.89. The van der Waals surface area contributed by atoms with Gasteiger partial charge in [0, 0.05) is 31.4 Å². The molecule has 1 aromatic heterocycles. The number of carbonyl (C=O) groups is 2. The molecule has 10 heteroatoms. The summed E-state index contributed by atoms with van der Waals surface area (Å²) in [5.74, 6) is 0. The van der Waals surface area contributed by atoms with Crippen LogP contribution in [0.2, 0.25) is 0 Å². The number of aromatic nitrogens is 1. The standard InChI is InChI=1S/C15H22N4O5S/c1-15(2,3)24-14(21)19-9-11(7-13(19)17-10-20)18-25(22,23)12-5-4-6-16-8-12/h4-6,8,10-11,13,18H,7,9H2,1-3H3,(H,17,20)/t11-,13+/m1/s1. The molecule has 0 aromatic carbocycles. The first-order chi connectivity index (χ1) is 11.6. The number of carbonyl (C=O) groups excluding carboxylic acids is 2. The van der Waals surface area contributed by atoms with Crippen molar-refractivity contribution < 1.29 is 22.7 Å². The van der Waals surface area contributed by atoms with Crippen LogP contribution in [0.4, 0.5) is 4.79 Å². The van der Waals surface area contributed by atoms with Crippen molar-refractivity contribution in [2.24, 2.45) is 0 Å². The molecule has 138 valence electrons. The third-order valence-corrected chi connectivity index (χ3v) is 4.96. The number of ether oxygens (including phenoxy) is 1. The molecule has 2 N–H and O–H groups in total. The van der Waals surface area contributed by atoms with Gasteiger partial charge in [-0.25, -0.2) is 17.9 Å². The van der Waals surface area contributed by atoms with Crippen molar-refractivity contribution in [1.29, 1.82) is 0 Å². The molecule has 0 saturated carbocycles. The van der Waals surface area contributed by atoms with E-state index in [-0.39, 0.29) is 17.9 Å². The Morgan fingerprint density at radius 2 is 2.16 bits per heavy atom. The van der Waals surface area contributed by atoms with Crippen LogP contribution in [0.3, 0.4) is 0 Å². The molecule has 0 radical (unpaired) electrons. The number of nitrogens with one attached hydrogen (secondary N) is 2. The molecule has 9 nitrogen and oxygen atoms in total. The number of hydrogen-bond acceptors (Lipinski definition) is 6. The predicted molar refractivity (Wildman–Crippen MR) is 88.9 cm³/mol. The van der Waals surface area contributed by atoms with Gasteiger partial charge < -0.3 is 10.1 Å². The molecule has 1 aliphatic heterocycles. The van der Waals surface area contributed by atoms with Crippen LogP contribution in [-0.2, 0) is 19.6 Å². The third kappa shape index (κ3) is 5.13. The molecule has 1 aromatic rings. The van der Waals surface area contributed by atoms with Crippen LogP contribution in [0.15, 0.2) is 29.4 Å². The third-order valence-electron chi connectivity index (χ3n) is 3.46. The van der Waals surface area contributed by atoms with E-state index in [2.05, 4.69) is 15.0 Å². The molecule has 0 bridgehead atoms. The van der Waals surface area contributed by atoms with Gasteiger partial charge in [-0.15, -0.1) is 0 Å². The highest BCUT2D eigenvalue weighted by Gasteiger charge is 2.39. The van der Waals surface area contributed by atoms with Gasteiger partial charge in [-0.05, 0) is 32.9 Å². The number of sulfonamides is 1. The normalized spacial score (nSPS) is 21.0. The van der Waals surface area contributed by atoms with E-state index >= 15 is 0 Å². The lowest BCUT2D eigenvalue weighted by atomic mass is 10.2. The van der Waals surface area contributed by atoms with Gasteiger partial charge in [0.15, 0.2) is 0 Å². The van der Waals surface area contributed by atoms with Gasteiger partial charge in [0.1, 0.15) is 16.7 Å². The molecule has 2 amide bonds. The Kier molecular flexibility index (Phi) is 5.63. The summed E-state index contributed by atoms with van der Waals surface area (Å²) in [6, 6.07) is 2.39. The highest BCUT2D eigenvalue weighted by atomic mass is 32.2. The largest absolute Gasteiger partial charge is 0.444 e. The lowest BCUT2D eigenvalue weighted by Crippen LogP contribution is -2.46. The number of rotatable bonds is 5. The fourth-order valence-electron chi connectivity index (χ4n) is 2.47. The van der Waals surface area contributed by atoms with E-state index in [0.717, 1.165) is 0 Å². The first-order valence-electron chi connectivity index (χ1n) is 7.74. The summed E-state index contributed by atoms with van der Waals surface area (Å²) in [6.07, 6.45) is 2.16. The SMILES string of the molecule is CC(C)(C)OC(=O)N1C[C@H](NS(=O)(=O)c2cccnc2)C[C@H]1NC=O. The van der Waals surface area contributed by atoms with Gasteiger partial charge in [0.2, 0.25) is 16.4 Å². The zero-order valence-corrected chi connectivity index (χ0v) is 15.1. The second-order valence-corrected chi connectivity index (χ2v) is 8.39. The van der Waals surface area contributed by atoms with E-state index in [0.29, 0.717) is 6.41 Å². The van der Waals surface area contributed by atoms with Crippen molar-refractivity contribution in [2.45, 2.75) is 49.9 Å². The van der Waals surface area contributed by atoms with Crippen molar-refractivity contribution in [3.8, 4) is 0 Å². The Morgan fingerprint density at radius 3 is 2.72 bits per heavy atom. The minimum Gasteiger partial charge on any atom is -0.444 e. The Hall–Kier alpha value is -2.20. The Bertz CT molecular complexity index is 717. The van der Waals surface area contributed by atoms with E-state index in [1.165, 1.54) is 29.4 Å². The molecule has 1 saturated heterocycles. The van der Waals surface area contributed by atoms with E-state index in [4.69, 9.17) is 4.74 Å². The van der Waals surface area contributed by atoms with Crippen LogP contribution in [0.1, 0.15) is 27.2 Å². The zero-order chi connectivity index (χ0) is 18.7. The van der Waals surface area contributed by atoms with E-state index < -0.39 is 33.9 Å². The number of hydrogen-bond donors (Lipinski definition) is 2. The van der Waals surface area contributed by atoms with Crippen LogP contribution in [0, 0.1) is 0 Å². The number of nitrogens with zero attached hydrogens (tertiary/aromatic N) is 2. The van der Waals surface area contributed by atoms with Crippen molar-refractivity contribution in [2.75, 3.05) is 6.54 Å². The van der Waals surface area contributed by atoms with Gasteiger partial charge in [-0.1, -0.05) is 0 Å². The first-order valence-corrected chi connectivity index (χ1v) is 9.22. The van der Waals surface area contributed by atoms with E-state index in [1.807, 2.05) is 0 Å². The molecule has 1 aliphatic rings. The van der Waals surface area contributed by atoms with E-state index in [9.17, 15) is 18.0 Å². The van der Waals surface area contributed by atoms with Gasteiger partial charge >= 0.3 is 6.09 Å². The van der Waals surface area contributed by atoms with E-state index in [1.54, 1.807) is 20.8 Å². The molecular weight excluding hydrogens is 348 g/mol. The molecule has 2 rings (SSSR count). The number of likely N-dealkylation sites (tertiary alicyclic amines) is 1. The summed E-state index contributed by atoms with van der Waals surface area (Å²) >= 11 is 0. The van der Waals surface area contributed by atoms with Crippen LogP contribution in [-0.4, -0.2) is 55.2 Å². The van der Waals surface area contributed by atoms with Crippen molar-refractivity contribution in [3.05, 3.63) is 24.5 Å². The highest BCUT2D eigenvalue weighted by Crippen LogP contribution is 2.21. The minimum atomic E-state index is -3.77. The maximum atomic E-state index is 12.4. The number of pyridine rings is 1. The van der Waals surface area contributed by atoms with Gasteiger partial charge in [0.25, 0.3) is 0 Å². The smallest absolute Gasteiger partial charge is 0.411 e. The predicted octanol–water partition coefficient (Wildman–Crippen LogP) is 0.441. The quantitative estimate of drug-likeness (QED) is 0.726. The van der Waals surface area contributed by atoms with Crippen molar-refractivity contribution >= 4 is 22.5 Å². The van der Waals surface area contributed by atoms with Crippen molar-refractivity contribution in [1.82, 2.24) is 19.9 Å². The molecule has 2 atom stereocenters. The topological polar surface area (TPSA) is 118 Å². The van der Waals surface area contributed by atoms with Gasteiger partial charge in [-0.3, -0.25) is 14.7 Å². The summed E-state index contributed by atoms with van der Waals surface area (Å²) in [6.45, 7) is 5.27. The molecular formula is C15H22N4O5S. The maximum Gasteiger partial charge on any atom is 0.411 e. The lowest BCUT2D eigenvalue weighted by Gasteiger charge is -2.28. The summed E-state index contributed by atoms with van der Waals surface area (Å²) in [5.41, 5.74) is -0.698. The molecule has 0 spiro atoms. The second kappa shape index (κ2) is 7.36. The molecule has 0 aliphatic carbocycles. The van der Waals surface area contributed by atoms with Crippen LogP contribution < -0.4 is 10.0 Å².